The Labute approximate surface area is 120 Å². The van der Waals surface area contributed by atoms with E-state index in [1.165, 1.54) is 0 Å². The van der Waals surface area contributed by atoms with Gasteiger partial charge in [0.2, 0.25) is 0 Å². The largest absolute Gasteiger partial charge is 0.348 e. The van der Waals surface area contributed by atoms with Crippen LogP contribution in [0.5, 0.6) is 0 Å². The van der Waals surface area contributed by atoms with Crippen LogP contribution in [0.3, 0.4) is 0 Å². The first-order valence-corrected chi connectivity index (χ1v) is 6.43. The minimum Gasteiger partial charge on any atom is -0.348 e. The Kier molecular flexibility index (Phi) is 5.69. The molecule has 2 N–H and O–H groups in total. The molecular weight excluding hydrogens is 264 g/mol. The van der Waals surface area contributed by atoms with Crippen LogP contribution in [-0.4, -0.2) is 35.0 Å². The summed E-state index contributed by atoms with van der Waals surface area (Å²) in [7, 11) is 0. The van der Waals surface area contributed by atoms with Gasteiger partial charge in [0, 0.05) is 18.8 Å². The third-order valence-corrected chi connectivity index (χ3v) is 3.13. The summed E-state index contributed by atoms with van der Waals surface area (Å²) in [4.78, 5) is 20.7. The lowest BCUT2D eigenvalue weighted by Crippen LogP contribution is -2.37. The van der Waals surface area contributed by atoms with Gasteiger partial charge < -0.3 is 10.6 Å². The van der Waals surface area contributed by atoms with Gasteiger partial charge >= 0.3 is 0 Å². The van der Waals surface area contributed by atoms with Gasteiger partial charge in [0.05, 0.1) is 11.3 Å². The van der Waals surface area contributed by atoms with Gasteiger partial charge in [-0.3, -0.25) is 4.79 Å². The van der Waals surface area contributed by atoms with Crippen molar-refractivity contribution in [1.29, 1.82) is 0 Å². The Hall–Kier alpha value is -1.20. The number of halogens is 1. The lowest BCUT2D eigenvalue weighted by Gasteiger charge is -2.15. The van der Waals surface area contributed by atoms with Crippen LogP contribution in [0.15, 0.2) is 6.20 Å². The molecule has 1 fully saturated rings. The molecule has 106 valence electrons. The van der Waals surface area contributed by atoms with E-state index in [1.54, 1.807) is 6.20 Å². The lowest BCUT2D eigenvalue weighted by molar-refractivity contribution is 0.0938. The zero-order valence-corrected chi connectivity index (χ0v) is 12.4. The molecule has 2 rings (SSSR count). The molecule has 0 saturated carbocycles. The van der Waals surface area contributed by atoms with E-state index in [-0.39, 0.29) is 30.3 Å². The highest BCUT2D eigenvalue weighted by Crippen LogP contribution is 2.16. The van der Waals surface area contributed by atoms with E-state index in [9.17, 15) is 4.79 Å². The van der Waals surface area contributed by atoms with Crippen molar-refractivity contribution in [2.75, 3.05) is 13.1 Å². The van der Waals surface area contributed by atoms with Crippen LogP contribution in [0.25, 0.3) is 0 Å². The van der Waals surface area contributed by atoms with Crippen molar-refractivity contribution >= 4 is 18.3 Å². The Bertz CT molecular complexity index is 444. The number of carbonyl (C=O) groups is 1. The monoisotopic (exact) mass is 284 g/mol. The van der Waals surface area contributed by atoms with E-state index < -0.39 is 0 Å². The molecule has 1 unspecified atom stereocenters. The minimum atomic E-state index is -0.0626. The van der Waals surface area contributed by atoms with Crippen molar-refractivity contribution in [3.63, 3.8) is 0 Å². The predicted octanol–water partition coefficient (Wildman–Crippen LogP) is 1.42. The molecule has 1 atom stereocenters. The summed E-state index contributed by atoms with van der Waals surface area (Å²) >= 11 is 0. The fourth-order valence-corrected chi connectivity index (χ4v) is 2.14. The highest BCUT2D eigenvalue weighted by Gasteiger charge is 2.21. The van der Waals surface area contributed by atoms with Crippen LogP contribution in [0.4, 0.5) is 0 Å². The van der Waals surface area contributed by atoms with Gasteiger partial charge in [-0.05, 0) is 25.8 Å². The molecule has 6 heteroatoms. The SMILES string of the molecule is Cc1ncc(C(=O)NC2CCNC2)c(C(C)C)n1.Cl. The minimum absolute atomic E-state index is 0. The van der Waals surface area contributed by atoms with Crippen LogP contribution in [-0.2, 0) is 0 Å². The van der Waals surface area contributed by atoms with E-state index >= 15 is 0 Å². The van der Waals surface area contributed by atoms with E-state index in [2.05, 4.69) is 20.6 Å². The van der Waals surface area contributed by atoms with Crippen molar-refractivity contribution < 1.29 is 4.79 Å². The summed E-state index contributed by atoms with van der Waals surface area (Å²) in [6.45, 7) is 7.72. The van der Waals surface area contributed by atoms with Gasteiger partial charge in [0.25, 0.3) is 5.91 Å². The van der Waals surface area contributed by atoms with Crippen LogP contribution in [0.2, 0.25) is 0 Å². The number of hydrogen-bond donors (Lipinski definition) is 2. The fraction of sp³-hybridized carbons (Fsp3) is 0.615. The number of nitrogens with zero attached hydrogens (tertiary/aromatic N) is 2. The molecule has 1 aromatic heterocycles. The average Bonchev–Trinajstić information content (AvgIpc) is 2.81. The van der Waals surface area contributed by atoms with Crippen molar-refractivity contribution in [2.45, 2.75) is 39.2 Å². The zero-order valence-electron chi connectivity index (χ0n) is 11.6. The summed E-state index contributed by atoms with van der Waals surface area (Å²) < 4.78 is 0. The Morgan fingerprint density at radius 1 is 1.53 bits per heavy atom. The Morgan fingerprint density at radius 3 is 2.84 bits per heavy atom. The maximum atomic E-state index is 12.2. The van der Waals surface area contributed by atoms with E-state index in [1.807, 2.05) is 20.8 Å². The number of nitrogens with one attached hydrogen (secondary N) is 2. The van der Waals surface area contributed by atoms with Crippen molar-refractivity contribution in [3.05, 3.63) is 23.3 Å². The molecule has 1 amide bonds. The molecule has 1 aromatic rings. The van der Waals surface area contributed by atoms with Crippen molar-refractivity contribution in [2.24, 2.45) is 0 Å². The molecule has 0 bridgehead atoms. The van der Waals surface area contributed by atoms with Crippen LogP contribution in [0, 0.1) is 6.92 Å². The molecule has 0 aliphatic carbocycles. The third kappa shape index (κ3) is 3.88. The van der Waals surface area contributed by atoms with Gasteiger partial charge in [-0.15, -0.1) is 12.4 Å². The highest BCUT2D eigenvalue weighted by molar-refractivity contribution is 5.95. The zero-order chi connectivity index (χ0) is 13.1. The van der Waals surface area contributed by atoms with Gasteiger partial charge in [0.1, 0.15) is 5.82 Å². The summed E-state index contributed by atoms with van der Waals surface area (Å²) in [6.07, 6.45) is 2.62. The molecular formula is C13H21ClN4O. The van der Waals surface area contributed by atoms with Gasteiger partial charge in [-0.2, -0.15) is 0 Å². The third-order valence-electron chi connectivity index (χ3n) is 3.13. The summed E-state index contributed by atoms with van der Waals surface area (Å²) in [5.41, 5.74) is 1.42. The molecule has 1 aliphatic rings. The van der Waals surface area contributed by atoms with Gasteiger partial charge in [-0.25, -0.2) is 9.97 Å². The van der Waals surface area contributed by atoms with Crippen molar-refractivity contribution in [3.8, 4) is 0 Å². The summed E-state index contributed by atoms with van der Waals surface area (Å²) in [6, 6.07) is 0.221. The van der Waals surface area contributed by atoms with E-state index in [0.29, 0.717) is 11.4 Å². The smallest absolute Gasteiger partial charge is 0.254 e. The predicted molar refractivity (Wildman–Crippen MR) is 76.8 cm³/mol. The van der Waals surface area contributed by atoms with Crippen molar-refractivity contribution in [1.82, 2.24) is 20.6 Å². The lowest BCUT2D eigenvalue weighted by atomic mass is 10.0. The second-order valence-electron chi connectivity index (χ2n) is 5.03. The van der Waals surface area contributed by atoms with Crippen LogP contribution in [0.1, 0.15) is 48.1 Å². The molecule has 1 saturated heterocycles. The molecule has 1 aliphatic heterocycles. The number of carbonyl (C=O) groups excluding carboxylic acids is 1. The normalized spacial score (nSPS) is 18.2. The first-order chi connectivity index (χ1) is 8.58. The number of hydrogen-bond acceptors (Lipinski definition) is 4. The fourth-order valence-electron chi connectivity index (χ4n) is 2.14. The second-order valence-corrected chi connectivity index (χ2v) is 5.03. The summed E-state index contributed by atoms with van der Waals surface area (Å²) in [5.74, 6) is 0.860. The van der Waals surface area contributed by atoms with E-state index in [4.69, 9.17) is 0 Å². The number of amides is 1. The number of aromatic nitrogens is 2. The molecule has 5 nitrogen and oxygen atoms in total. The molecule has 19 heavy (non-hydrogen) atoms. The molecule has 0 aromatic carbocycles. The van der Waals surface area contributed by atoms with Crippen LogP contribution >= 0.6 is 12.4 Å². The average molecular weight is 285 g/mol. The Balaban J connectivity index is 0.00000180. The molecule has 0 spiro atoms. The first-order valence-electron chi connectivity index (χ1n) is 6.43. The first kappa shape index (κ1) is 15.9. The number of rotatable bonds is 3. The molecule has 0 radical (unpaired) electrons. The quantitative estimate of drug-likeness (QED) is 0.881. The molecule has 2 heterocycles. The van der Waals surface area contributed by atoms with E-state index in [0.717, 1.165) is 25.2 Å². The highest BCUT2D eigenvalue weighted by atomic mass is 35.5. The number of aryl methyl sites for hydroxylation is 1. The second kappa shape index (κ2) is 6.82. The van der Waals surface area contributed by atoms with Gasteiger partial charge in [-0.1, -0.05) is 13.8 Å². The standard InChI is InChI=1S/C13H20N4O.ClH/c1-8(2)12-11(7-15-9(3)16-12)13(18)17-10-4-5-14-6-10;/h7-8,10,14H,4-6H2,1-3H3,(H,17,18);1H. The van der Waals surface area contributed by atoms with Crippen LogP contribution < -0.4 is 10.6 Å². The Morgan fingerprint density at radius 2 is 2.26 bits per heavy atom. The maximum absolute atomic E-state index is 12.2. The van der Waals surface area contributed by atoms with Gasteiger partial charge in [0.15, 0.2) is 0 Å². The maximum Gasteiger partial charge on any atom is 0.254 e. The topological polar surface area (TPSA) is 66.9 Å². The summed E-state index contributed by atoms with van der Waals surface area (Å²) in [5, 5.41) is 6.26.